The van der Waals surface area contributed by atoms with Gasteiger partial charge in [-0.05, 0) is 35.3 Å². The first-order valence-corrected chi connectivity index (χ1v) is 10.6. The van der Waals surface area contributed by atoms with Gasteiger partial charge in [-0.15, -0.1) is 0 Å². The van der Waals surface area contributed by atoms with Gasteiger partial charge in [0.1, 0.15) is 12.0 Å². The molecule has 1 amide bonds. The fraction of sp³-hybridized carbons (Fsp3) is 0.391. The number of fused-ring (bicyclic) bond motifs is 1. The maximum Gasteiger partial charge on any atom is 0.269 e. The Bertz CT molecular complexity index is 973. The van der Waals surface area contributed by atoms with Crippen LogP contribution in [-0.4, -0.2) is 65.3 Å². The van der Waals surface area contributed by atoms with Crippen LogP contribution in [-0.2, 0) is 17.9 Å². The third kappa shape index (κ3) is 5.15. The number of nitrogens with zero attached hydrogens (tertiary/aromatic N) is 4. The maximum absolute atomic E-state index is 11.6. The van der Waals surface area contributed by atoms with Gasteiger partial charge >= 0.3 is 0 Å². The SMILES string of the molecule is CNC(=O)c1ccc(C2=CCN(Cc3cnc4c(c3)NCN(CCC=O)C4)CC2)cn1. The molecule has 0 aromatic carbocycles. The summed E-state index contributed by atoms with van der Waals surface area (Å²) in [5.74, 6) is -0.169. The van der Waals surface area contributed by atoms with E-state index in [-0.39, 0.29) is 5.91 Å². The molecule has 2 N–H and O–H groups in total. The van der Waals surface area contributed by atoms with Crippen molar-refractivity contribution in [3.8, 4) is 0 Å². The molecule has 162 valence electrons. The van der Waals surface area contributed by atoms with E-state index in [2.05, 4.69) is 42.5 Å². The standard InChI is InChI=1S/C23H28N6O2/c1-24-23(31)20-4-3-19(13-26-20)18-5-8-28(9-6-18)14-17-11-21-22(25-12-17)15-29(16-27-21)7-2-10-30/h3-5,10-13,27H,2,6-9,14-16H2,1H3,(H,24,31). The van der Waals surface area contributed by atoms with E-state index in [4.69, 9.17) is 0 Å². The number of aromatic nitrogens is 2. The number of hydrogen-bond acceptors (Lipinski definition) is 7. The summed E-state index contributed by atoms with van der Waals surface area (Å²) in [7, 11) is 1.61. The van der Waals surface area contributed by atoms with Crippen molar-refractivity contribution in [2.75, 3.05) is 38.7 Å². The lowest BCUT2D eigenvalue weighted by Gasteiger charge is -2.30. The number of carbonyl (C=O) groups excluding carboxylic acids is 2. The number of anilines is 1. The molecule has 2 aromatic heterocycles. The van der Waals surface area contributed by atoms with Gasteiger partial charge in [0, 0.05) is 58.6 Å². The Labute approximate surface area is 182 Å². The highest BCUT2D eigenvalue weighted by molar-refractivity contribution is 5.92. The van der Waals surface area contributed by atoms with Crippen molar-refractivity contribution >= 4 is 23.5 Å². The van der Waals surface area contributed by atoms with Crippen LogP contribution in [0.2, 0.25) is 0 Å². The van der Waals surface area contributed by atoms with Crippen molar-refractivity contribution in [2.24, 2.45) is 0 Å². The molecule has 0 saturated heterocycles. The zero-order valence-corrected chi connectivity index (χ0v) is 17.8. The summed E-state index contributed by atoms with van der Waals surface area (Å²) in [5, 5.41) is 6.02. The molecule has 0 aliphatic carbocycles. The summed E-state index contributed by atoms with van der Waals surface area (Å²) in [6.07, 6.45) is 8.45. The van der Waals surface area contributed by atoms with Gasteiger partial charge in [-0.2, -0.15) is 0 Å². The molecule has 2 aliphatic rings. The Kier molecular flexibility index (Phi) is 6.69. The van der Waals surface area contributed by atoms with E-state index in [1.807, 2.05) is 12.3 Å². The summed E-state index contributed by atoms with van der Waals surface area (Å²) in [6.45, 7) is 4.97. The predicted molar refractivity (Wildman–Crippen MR) is 119 cm³/mol. The smallest absolute Gasteiger partial charge is 0.269 e. The average molecular weight is 421 g/mol. The van der Waals surface area contributed by atoms with Gasteiger partial charge in [0.25, 0.3) is 5.91 Å². The molecule has 0 unspecified atom stereocenters. The molecule has 0 radical (unpaired) electrons. The molecule has 8 nitrogen and oxygen atoms in total. The van der Waals surface area contributed by atoms with Gasteiger partial charge in [-0.1, -0.05) is 12.1 Å². The lowest BCUT2D eigenvalue weighted by molar-refractivity contribution is -0.108. The molecule has 4 rings (SSSR count). The lowest BCUT2D eigenvalue weighted by Crippen LogP contribution is -2.35. The number of pyridine rings is 2. The Balaban J connectivity index is 1.34. The van der Waals surface area contributed by atoms with E-state index in [0.717, 1.165) is 69.0 Å². The van der Waals surface area contributed by atoms with Crippen molar-refractivity contribution in [3.05, 3.63) is 59.2 Å². The van der Waals surface area contributed by atoms with Crippen LogP contribution in [0.3, 0.4) is 0 Å². The quantitative estimate of drug-likeness (QED) is 0.661. The summed E-state index contributed by atoms with van der Waals surface area (Å²) in [4.78, 5) is 35.8. The third-order valence-corrected chi connectivity index (χ3v) is 5.75. The van der Waals surface area contributed by atoms with Crippen LogP contribution < -0.4 is 10.6 Å². The number of rotatable bonds is 7. The zero-order valence-electron chi connectivity index (χ0n) is 17.8. The first-order valence-electron chi connectivity index (χ1n) is 10.6. The van der Waals surface area contributed by atoms with E-state index in [1.165, 1.54) is 11.1 Å². The zero-order chi connectivity index (χ0) is 21.6. The number of hydrogen-bond donors (Lipinski definition) is 2. The Hall–Kier alpha value is -3.10. The van der Waals surface area contributed by atoms with Crippen LogP contribution in [0, 0.1) is 0 Å². The molecule has 2 aliphatic heterocycles. The molecule has 0 bridgehead atoms. The fourth-order valence-corrected chi connectivity index (χ4v) is 3.98. The lowest BCUT2D eigenvalue weighted by atomic mass is 10.0. The normalized spacial score (nSPS) is 16.7. The van der Waals surface area contributed by atoms with Crippen LogP contribution >= 0.6 is 0 Å². The van der Waals surface area contributed by atoms with Crippen LogP contribution in [0.25, 0.3) is 5.57 Å². The molecular formula is C23H28N6O2. The van der Waals surface area contributed by atoms with E-state index in [1.54, 1.807) is 19.3 Å². The van der Waals surface area contributed by atoms with E-state index in [9.17, 15) is 9.59 Å². The van der Waals surface area contributed by atoms with Crippen molar-refractivity contribution in [2.45, 2.75) is 25.9 Å². The van der Waals surface area contributed by atoms with Gasteiger partial charge in [-0.3, -0.25) is 24.6 Å². The van der Waals surface area contributed by atoms with Crippen LogP contribution in [0.15, 0.2) is 36.7 Å². The van der Waals surface area contributed by atoms with Gasteiger partial charge in [0.15, 0.2) is 0 Å². The highest BCUT2D eigenvalue weighted by Crippen LogP contribution is 2.25. The molecular weight excluding hydrogens is 392 g/mol. The van der Waals surface area contributed by atoms with Crippen molar-refractivity contribution in [3.63, 3.8) is 0 Å². The second-order valence-corrected chi connectivity index (χ2v) is 7.91. The maximum atomic E-state index is 11.6. The molecule has 31 heavy (non-hydrogen) atoms. The monoisotopic (exact) mass is 420 g/mol. The van der Waals surface area contributed by atoms with Gasteiger partial charge < -0.3 is 15.4 Å². The van der Waals surface area contributed by atoms with Crippen molar-refractivity contribution in [1.29, 1.82) is 0 Å². The summed E-state index contributed by atoms with van der Waals surface area (Å²) in [6, 6.07) is 5.93. The second-order valence-electron chi connectivity index (χ2n) is 7.91. The fourth-order valence-electron chi connectivity index (χ4n) is 3.98. The van der Waals surface area contributed by atoms with Gasteiger partial charge in [0.05, 0.1) is 18.1 Å². The largest absolute Gasteiger partial charge is 0.371 e. The van der Waals surface area contributed by atoms with E-state index < -0.39 is 0 Å². The first-order chi connectivity index (χ1) is 15.2. The Morgan fingerprint density at radius 3 is 2.87 bits per heavy atom. The van der Waals surface area contributed by atoms with Crippen LogP contribution in [0.5, 0.6) is 0 Å². The molecule has 8 heteroatoms. The molecule has 0 fully saturated rings. The van der Waals surface area contributed by atoms with E-state index >= 15 is 0 Å². The molecule has 0 saturated carbocycles. The van der Waals surface area contributed by atoms with Crippen molar-refractivity contribution < 1.29 is 9.59 Å². The molecule has 4 heterocycles. The number of amides is 1. The molecule has 0 spiro atoms. The third-order valence-electron chi connectivity index (χ3n) is 5.75. The second kappa shape index (κ2) is 9.80. The minimum Gasteiger partial charge on any atom is -0.371 e. The predicted octanol–water partition coefficient (Wildman–Crippen LogP) is 1.90. The van der Waals surface area contributed by atoms with Crippen LogP contribution in [0.1, 0.15) is 40.2 Å². The average Bonchev–Trinajstić information content (AvgIpc) is 2.83. The van der Waals surface area contributed by atoms with E-state index in [0.29, 0.717) is 12.1 Å². The minimum absolute atomic E-state index is 0.169. The van der Waals surface area contributed by atoms with Gasteiger partial charge in [-0.25, -0.2) is 0 Å². The first kappa shape index (κ1) is 21.1. The topological polar surface area (TPSA) is 90.5 Å². The summed E-state index contributed by atoms with van der Waals surface area (Å²) < 4.78 is 0. The Morgan fingerprint density at radius 2 is 2.16 bits per heavy atom. The number of nitrogens with one attached hydrogen (secondary N) is 2. The van der Waals surface area contributed by atoms with Crippen molar-refractivity contribution in [1.82, 2.24) is 25.1 Å². The summed E-state index contributed by atoms with van der Waals surface area (Å²) >= 11 is 0. The summed E-state index contributed by atoms with van der Waals surface area (Å²) in [5.41, 5.74) is 6.11. The number of carbonyl (C=O) groups is 2. The number of aldehydes is 1. The highest BCUT2D eigenvalue weighted by Gasteiger charge is 2.19. The Morgan fingerprint density at radius 1 is 1.26 bits per heavy atom. The van der Waals surface area contributed by atoms with Crippen LogP contribution in [0.4, 0.5) is 5.69 Å². The highest BCUT2D eigenvalue weighted by atomic mass is 16.1. The minimum atomic E-state index is -0.169. The molecule has 2 aromatic rings. The van der Waals surface area contributed by atoms with Gasteiger partial charge in [0.2, 0.25) is 0 Å². The molecule has 0 atom stereocenters.